The van der Waals surface area contributed by atoms with Crippen LogP contribution in [0.2, 0.25) is 0 Å². The molecule has 0 aliphatic carbocycles. The zero-order valence-corrected chi connectivity index (χ0v) is 12.8. The second-order valence-corrected chi connectivity index (χ2v) is 5.75. The molecule has 0 saturated heterocycles. The van der Waals surface area contributed by atoms with Gasteiger partial charge in [-0.2, -0.15) is 5.10 Å². The molecule has 0 spiro atoms. The summed E-state index contributed by atoms with van der Waals surface area (Å²) in [5.41, 5.74) is 1.99. The van der Waals surface area contributed by atoms with E-state index in [2.05, 4.69) is 45.9 Å². The molecule has 0 bridgehead atoms. The maximum Gasteiger partial charge on any atom is 0.245 e. The van der Waals surface area contributed by atoms with Crippen LogP contribution in [-0.2, 0) is 0 Å². The molecule has 2 heterocycles. The average Bonchev–Trinajstić information content (AvgIpc) is 2.90. The Morgan fingerprint density at radius 2 is 2.05 bits per heavy atom. The topological polar surface area (TPSA) is 39.4 Å². The average molecular weight is 332 g/mol. The number of hydrogen-bond acceptors (Lipinski definition) is 3. The Kier molecular flexibility index (Phi) is 3.44. The lowest BCUT2D eigenvalue weighted by atomic mass is 10.0. The van der Waals surface area contributed by atoms with Gasteiger partial charge in [0.25, 0.3) is 0 Å². The monoisotopic (exact) mass is 331 g/mol. The van der Waals surface area contributed by atoms with Crippen molar-refractivity contribution >= 4 is 21.4 Å². The van der Waals surface area contributed by atoms with Gasteiger partial charge >= 0.3 is 0 Å². The lowest BCUT2D eigenvalue weighted by molar-refractivity contribution is 0.457. The molecular formula is C15H14BrN3O. The number of benzene rings is 1. The molecule has 0 aliphatic rings. The molecule has 0 unspecified atom stereocenters. The SMILES string of the molecule is CC(C)c1cc(Br)ccc1Oc1nccn2nccc12. The quantitative estimate of drug-likeness (QED) is 0.713. The molecule has 4 nitrogen and oxygen atoms in total. The molecule has 1 aromatic carbocycles. The fraction of sp³-hybridized carbons (Fsp3) is 0.200. The van der Waals surface area contributed by atoms with Gasteiger partial charge in [-0.15, -0.1) is 0 Å². The van der Waals surface area contributed by atoms with Gasteiger partial charge in [-0.25, -0.2) is 9.50 Å². The summed E-state index contributed by atoms with van der Waals surface area (Å²) in [6, 6.07) is 7.89. The summed E-state index contributed by atoms with van der Waals surface area (Å²) in [5.74, 6) is 1.76. The van der Waals surface area contributed by atoms with Crippen LogP contribution >= 0.6 is 15.9 Å². The predicted octanol–water partition coefficient (Wildman–Crippen LogP) is 4.41. The van der Waals surface area contributed by atoms with Crippen molar-refractivity contribution in [1.29, 1.82) is 0 Å². The number of halogens is 1. The van der Waals surface area contributed by atoms with Crippen LogP contribution in [0, 0.1) is 0 Å². The van der Waals surface area contributed by atoms with Crippen LogP contribution in [0.25, 0.3) is 5.52 Å². The van der Waals surface area contributed by atoms with E-state index in [0.717, 1.165) is 21.3 Å². The molecule has 102 valence electrons. The van der Waals surface area contributed by atoms with Gasteiger partial charge < -0.3 is 4.74 Å². The number of nitrogens with zero attached hydrogens (tertiary/aromatic N) is 3. The normalized spacial score (nSPS) is 11.2. The first kappa shape index (κ1) is 13.1. The molecule has 0 atom stereocenters. The largest absolute Gasteiger partial charge is 0.437 e. The van der Waals surface area contributed by atoms with E-state index in [9.17, 15) is 0 Å². The second-order valence-electron chi connectivity index (χ2n) is 4.83. The second kappa shape index (κ2) is 5.25. The van der Waals surface area contributed by atoms with Crippen molar-refractivity contribution in [3.05, 3.63) is 52.9 Å². The third-order valence-corrected chi connectivity index (χ3v) is 3.58. The van der Waals surface area contributed by atoms with Crippen molar-refractivity contribution in [1.82, 2.24) is 14.6 Å². The first-order valence-electron chi connectivity index (χ1n) is 6.41. The molecule has 0 amide bonds. The Bertz CT molecular complexity index is 752. The Morgan fingerprint density at radius 1 is 1.20 bits per heavy atom. The van der Waals surface area contributed by atoms with Gasteiger partial charge in [0, 0.05) is 16.9 Å². The van der Waals surface area contributed by atoms with E-state index in [-0.39, 0.29) is 0 Å². The number of hydrogen-bond donors (Lipinski definition) is 0. The third-order valence-electron chi connectivity index (χ3n) is 3.09. The van der Waals surface area contributed by atoms with Crippen LogP contribution in [0.1, 0.15) is 25.3 Å². The lowest BCUT2D eigenvalue weighted by Gasteiger charge is -2.14. The lowest BCUT2D eigenvalue weighted by Crippen LogP contribution is -1.97. The summed E-state index contributed by atoms with van der Waals surface area (Å²) < 4.78 is 8.80. The minimum atomic E-state index is 0.368. The molecule has 0 aliphatic heterocycles. The van der Waals surface area contributed by atoms with E-state index in [1.54, 1.807) is 23.1 Å². The van der Waals surface area contributed by atoms with E-state index in [1.165, 1.54) is 0 Å². The molecular weight excluding hydrogens is 318 g/mol. The van der Waals surface area contributed by atoms with Crippen LogP contribution in [-0.4, -0.2) is 14.6 Å². The molecule has 5 heteroatoms. The molecule has 0 fully saturated rings. The predicted molar refractivity (Wildman–Crippen MR) is 81.3 cm³/mol. The zero-order chi connectivity index (χ0) is 14.1. The van der Waals surface area contributed by atoms with Gasteiger partial charge in [0.1, 0.15) is 11.3 Å². The maximum atomic E-state index is 6.00. The highest BCUT2D eigenvalue weighted by Gasteiger charge is 2.12. The van der Waals surface area contributed by atoms with Crippen molar-refractivity contribution in [3.8, 4) is 11.6 Å². The Hall–Kier alpha value is -1.88. The van der Waals surface area contributed by atoms with Gasteiger partial charge in [0.2, 0.25) is 5.88 Å². The molecule has 2 aromatic heterocycles. The van der Waals surface area contributed by atoms with Crippen molar-refractivity contribution in [2.75, 3.05) is 0 Å². The standard InChI is InChI=1S/C15H14BrN3O/c1-10(2)12-9-11(16)3-4-14(12)20-15-13-5-6-18-19(13)8-7-17-15/h3-10H,1-2H3. The van der Waals surface area contributed by atoms with Crippen LogP contribution in [0.15, 0.2) is 47.3 Å². The summed E-state index contributed by atoms with van der Waals surface area (Å²) in [5, 5.41) is 4.18. The fourth-order valence-corrected chi connectivity index (χ4v) is 2.46. The molecule has 0 saturated carbocycles. The van der Waals surface area contributed by atoms with Crippen molar-refractivity contribution in [3.63, 3.8) is 0 Å². The van der Waals surface area contributed by atoms with E-state index < -0.39 is 0 Å². The smallest absolute Gasteiger partial charge is 0.245 e. The number of ether oxygens (including phenoxy) is 1. The Labute approximate surface area is 125 Å². The van der Waals surface area contributed by atoms with E-state index >= 15 is 0 Å². The summed E-state index contributed by atoms with van der Waals surface area (Å²) in [7, 11) is 0. The highest BCUT2D eigenvalue weighted by atomic mass is 79.9. The van der Waals surface area contributed by atoms with Crippen LogP contribution in [0.4, 0.5) is 0 Å². The first-order valence-corrected chi connectivity index (χ1v) is 7.20. The Balaban J connectivity index is 2.05. The van der Waals surface area contributed by atoms with E-state index in [4.69, 9.17) is 4.74 Å². The van der Waals surface area contributed by atoms with Crippen molar-refractivity contribution in [2.45, 2.75) is 19.8 Å². The molecule has 20 heavy (non-hydrogen) atoms. The van der Waals surface area contributed by atoms with Gasteiger partial charge in [-0.1, -0.05) is 29.8 Å². The molecule has 3 rings (SSSR count). The first-order chi connectivity index (χ1) is 9.65. The summed E-state index contributed by atoms with van der Waals surface area (Å²) >= 11 is 3.50. The summed E-state index contributed by atoms with van der Waals surface area (Å²) in [6.07, 6.45) is 5.21. The molecule has 0 N–H and O–H groups in total. The fourth-order valence-electron chi connectivity index (χ4n) is 2.08. The van der Waals surface area contributed by atoms with Crippen molar-refractivity contribution < 1.29 is 4.74 Å². The highest BCUT2D eigenvalue weighted by molar-refractivity contribution is 9.10. The van der Waals surface area contributed by atoms with Gasteiger partial charge in [0.15, 0.2) is 0 Å². The van der Waals surface area contributed by atoms with Crippen LogP contribution in [0.3, 0.4) is 0 Å². The number of rotatable bonds is 3. The third kappa shape index (κ3) is 2.41. The van der Waals surface area contributed by atoms with Crippen molar-refractivity contribution in [2.24, 2.45) is 0 Å². The number of aromatic nitrogens is 3. The highest BCUT2D eigenvalue weighted by Crippen LogP contribution is 2.33. The van der Waals surface area contributed by atoms with Gasteiger partial charge in [-0.3, -0.25) is 0 Å². The summed E-state index contributed by atoms with van der Waals surface area (Å²) in [6.45, 7) is 4.28. The Morgan fingerprint density at radius 3 is 2.85 bits per heavy atom. The number of fused-ring (bicyclic) bond motifs is 1. The van der Waals surface area contributed by atoms with E-state index in [1.807, 2.05) is 18.2 Å². The van der Waals surface area contributed by atoms with Crippen LogP contribution < -0.4 is 4.74 Å². The zero-order valence-electron chi connectivity index (χ0n) is 11.2. The van der Waals surface area contributed by atoms with Crippen LogP contribution in [0.5, 0.6) is 11.6 Å². The van der Waals surface area contributed by atoms with Gasteiger partial charge in [0.05, 0.1) is 6.20 Å². The molecule has 3 aromatic rings. The van der Waals surface area contributed by atoms with Gasteiger partial charge in [-0.05, 0) is 35.7 Å². The minimum Gasteiger partial charge on any atom is -0.437 e. The maximum absolute atomic E-state index is 6.00. The summed E-state index contributed by atoms with van der Waals surface area (Å²) in [4.78, 5) is 4.30. The molecule has 0 radical (unpaired) electrons. The minimum absolute atomic E-state index is 0.368. The van der Waals surface area contributed by atoms with E-state index in [0.29, 0.717) is 11.8 Å².